The second-order valence-corrected chi connectivity index (χ2v) is 4.84. The summed E-state index contributed by atoms with van der Waals surface area (Å²) in [6.07, 6.45) is 2.38. The Hall–Kier alpha value is -2.44. The molecule has 0 spiro atoms. The van der Waals surface area contributed by atoms with E-state index in [2.05, 4.69) is 4.98 Å². The number of methoxy groups -OCH3 is 2. The summed E-state index contributed by atoms with van der Waals surface area (Å²) in [5, 5.41) is 0. The van der Waals surface area contributed by atoms with Gasteiger partial charge in [-0.3, -0.25) is 9.78 Å². The van der Waals surface area contributed by atoms with Gasteiger partial charge in [-0.1, -0.05) is 6.07 Å². The molecule has 0 bridgehead atoms. The van der Waals surface area contributed by atoms with E-state index in [0.717, 1.165) is 6.29 Å². The summed E-state index contributed by atoms with van der Waals surface area (Å²) in [5.74, 6) is -0.341. The molecule has 122 valence electrons. The highest BCUT2D eigenvalue weighted by atomic mass is 16.8. The van der Waals surface area contributed by atoms with Crippen molar-refractivity contribution in [3.05, 3.63) is 53.9 Å². The number of aldehydes is 1. The van der Waals surface area contributed by atoms with Gasteiger partial charge in [0.15, 0.2) is 18.3 Å². The van der Waals surface area contributed by atoms with Gasteiger partial charge in [-0.2, -0.15) is 0 Å². The van der Waals surface area contributed by atoms with Crippen LogP contribution >= 0.6 is 0 Å². The zero-order valence-corrected chi connectivity index (χ0v) is 13.3. The van der Waals surface area contributed by atoms with Crippen molar-refractivity contribution in [3.63, 3.8) is 0 Å². The second kappa shape index (κ2) is 7.71. The van der Waals surface area contributed by atoms with Gasteiger partial charge in [0.05, 0.1) is 7.11 Å². The number of benzene rings is 1. The smallest absolute Gasteiger partial charge is 0.253 e. The van der Waals surface area contributed by atoms with E-state index in [1.54, 1.807) is 43.5 Å². The molecule has 6 heteroatoms. The number of hydrogen-bond donors (Lipinski definition) is 0. The molecule has 23 heavy (non-hydrogen) atoms. The maximum absolute atomic E-state index is 11.0. The molecule has 1 aromatic carbocycles. The lowest BCUT2D eigenvalue weighted by Crippen LogP contribution is -2.34. The number of carbonyl (C=O) groups is 1. The van der Waals surface area contributed by atoms with Gasteiger partial charge in [-0.25, -0.2) is 0 Å². The third kappa shape index (κ3) is 4.06. The third-order valence-electron chi connectivity index (χ3n) is 3.21. The van der Waals surface area contributed by atoms with E-state index >= 15 is 0 Å². The largest absolute Gasteiger partial charge is 0.493 e. The highest BCUT2D eigenvalue weighted by Gasteiger charge is 2.33. The van der Waals surface area contributed by atoms with Crippen LogP contribution in [-0.4, -0.2) is 32.3 Å². The van der Waals surface area contributed by atoms with Crippen molar-refractivity contribution in [2.45, 2.75) is 12.7 Å². The Bertz CT molecular complexity index is 647. The van der Waals surface area contributed by atoms with E-state index in [-0.39, 0.29) is 6.79 Å². The zero-order chi connectivity index (χ0) is 16.7. The highest BCUT2D eigenvalue weighted by Crippen LogP contribution is 2.35. The van der Waals surface area contributed by atoms with Gasteiger partial charge < -0.3 is 18.9 Å². The monoisotopic (exact) mass is 317 g/mol. The van der Waals surface area contributed by atoms with E-state index < -0.39 is 5.79 Å². The molecule has 0 saturated carbocycles. The molecule has 6 nitrogen and oxygen atoms in total. The van der Waals surface area contributed by atoms with Gasteiger partial charge in [0, 0.05) is 25.8 Å². The summed E-state index contributed by atoms with van der Waals surface area (Å²) >= 11 is 0. The number of hydrogen-bond acceptors (Lipinski definition) is 6. The molecule has 1 atom stereocenters. The van der Waals surface area contributed by atoms with Crippen LogP contribution < -0.4 is 9.47 Å². The first-order valence-corrected chi connectivity index (χ1v) is 6.99. The standard InChI is InChI=1S/C17H19NO5/c1-17(22-12-20-2,16-6-4-5-9-18-16)23-15-10-13(11-19)7-8-14(15)21-3/h4-11H,12H2,1-3H3. The topological polar surface area (TPSA) is 66.9 Å². The Labute approximate surface area is 135 Å². The van der Waals surface area contributed by atoms with Crippen molar-refractivity contribution in [1.29, 1.82) is 0 Å². The lowest BCUT2D eigenvalue weighted by Gasteiger charge is -2.30. The third-order valence-corrected chi connectivity index (χ3v) is 3.21. The molecule has 0 aliphatic carbocycles. The molecule has 2 aromatic rings. The SMILES string of the molecule is COCOC(C)(Oc1cc(C=O)ccc1OC)c1ccccn1. The molecule has 0 fully saturated rings. The Kier molecular flexibility index (Phi) is 5.67. The van der Waals surface area contributed by atoms with E-state index in [4.69, 9.17) is 18.9 Å². The molecule has 0 radical (unpaired) electrons. The average Bonchev–Trinajstić information content (AvgIpc) is 2.60. The van der Waals surface area contributed by atoms with Crippen molar-refractivity contribution in [3.8, 4) is 11.5 Å². The number of rotatable bonds is 8. The van der Waals surface area contributed by atoms with Crippen molar-refractivity contribution in [1.82, 2.24) is 4.98 Å². The molecule has 1 heterocycles. The van der Waals surface area contributed by atoms with Crippen LogP contribution in [0.4, 0.5) is 0 Å². The van der Waals surface area contributed by atoms with Crippen LogP contribution in [0.15, 0.2) is 42.6 Å². The molecule has 0 saturated heterocycles. The van der Waals surface area contributed by atoms with Gasteiger partial charge in [-0.05, 0) is 30.3 Å². The normalized spacial score (nSPS) is 13.2. The number of ether oxygens (including phenoxy) is 4. The molecule has 0 N–H and O–H groups in total. The summed E-state index contributed by atoms with van der Waals surface area (Å²) in [6, 6.07) is 10.3. The maximum atomic E-state index is 11.0. The summed E-state index contributed by atoms with van der Waals surface area (Å²) < 4.78 is 22.0. The minimum atomic E-state index is -1.20. The van der Waals surface area contributed by atoms with Gasteiger partial charge >= 0.3 is 0 Å². The fourth-order valence-electron chi connectivity index (χ4n) is 2.01. The Morgan fingerprint density at radius 3 is 2.61 bits per heavy atom. The Balaban J connectivity index is 2.40. The van der Waals surface area contributed by atoms with Gasteiger partial charge in [0.1, 0.15) is 12.0 Å². The minimum Gasteiger partial charge on any atom is -0.493 e. The first kappa shape index (κ1) is 16.9. The molecule has 0 amide bonds. The fourth-order valence-corrected chi connectivity index (χ4v) is 2.01. The van der Waals surface area contributed by atoms with E-state index in [1.165, 1.54) is 14.2 Å². The number of aromatic nitrogens is 1. The Morgan fingerprint density at radius 2 is 2.00 bits per heavy atom. The fraction of sp³-hybridized carbons (Fsp3) is 0.294. The second-order valence-electron chi connectivity index (χ2n) is 4.84. The molecule has 1 unspecified atom stereocenters. The van der Waals surface area contributed by atoms with Crippen LogP contribution in [0, 0.1) is 0 Å². The Morgan fingerprint density at radius 1 is 1.17 bits per heavy atom. The molecule has 1 aromatic heterocycles. The summed E-state index contributed by atoms with van der Waals surface area (Å²) in [7, 11) is 3.04. The van der Waals surface area contributed by atoms with E-state index in [0.29, 0.717) is 22.8 Å². The molecular weight excluding hydrogens is 298 g/mol. The lowest BCUT2D eigenvalue weighted by atomic mass is 10.1. The predicted octanol–water partition coefficient (Wildman–Crippen LogP) is 2.77. The van der Waals surface area contributed by atoms with Gasteiger partial charge in [0.25, 0.3) is 5.79 Å². The molecule has 0 aliphatic rings. The van der Waals surface area contributed by atoms with Gasteiger partial charge in [0.2, 0.25) is 0 Å². The molecule has 2 rings (SSSR count). The number of pyridine rings is 1. The average molecular weight is 317 g/mol. The molecule has 0 aliphatic heterocycles. The van der Waals surface area contributed by atoms with Crippen LogP contribution in [0.3, 0.4) is 0 Å². The first-order chi connectivity index (χ1) is 11.1. The maximum Gasteiger partial charge on any atom is 0.253 e. The van der Waals surface area contributed by atoms with E-state index in [9.17, 15) is 4.79 Å². The first-order valence-electron chi connectivity index (χ1n) is 6.99. The van der Waals surface area contributed by atoms with Crippen molar-refractivity contribution >= 4 is 6.29 Å². The molecular formula is C17H19NO5. The summed E-state index contributed by atoms with van der Waals surface area (Å²) in [6.45, 7) is 1.74. The lowest BCUT2D eigenvalue weighted by molar-refractivity contribution is -0.226. The number of carbonyl (C=O) groups excluding carboxylic acids is 1. The van der Waals surface area contributed by atoms with Crippen molar-refractivity contribution < 1.29 is 23.7 Å². The quantitative estimate of drug-likeness (QED) is 0.551. The summed E-state index contributed by atoms with van der Waals surface area (Å²) in [4.78, 5) is 15.3. The zero-order valence-electron chi connectivity index (χ0n) is 13.3. The van der Waals surface area contributed by atoms with E-state index in [1.807, 2.05) is 6.07 Å². The van der Waals surface area contributed by atoms with Gasteiger partial charge in [-0.15, -0.1) is 0 Å². The van der Waals surface area contributed by atoms with Crippen LogP contribution in [0.5, 0.6) is 11.5 Å². The highest BCUT2D eigenvalue weighted by molar-refractivity contribution is 5.76. The van der Waals surface area contributed by atoms with Crippen LogP contribution in [0.25, 0.3) is 0 Å². The number of nitrogens with zero attached hydrogens (tertiary/aromatic N) is 1. The summed E-state index contributed by atoms with van der Waals surface area (Å²) in [5.41, 5.74) is 1.03. The van der Waals surface area contributed by atoms with Crippen molar-refractivity contribution in [2.24, 2.45) is 0 Å². The predicted molar refractivity (Wildman–Crippen MR) is 83.6 cm³/mol. The van der Waals surface area contributed by atoms with Crippen LogP contribution in [-0.2, 0) is 15.3 Å². The van der Waals surface area contributed by atoms with Crippen molar-refractivity contribution in [2.75, 3.05) is 21.0 Å². The minimum absolute atomic E-state index is 0.0166. The van der Waals surface area contributed by atoms with Crippen LogP contribution in [0.2, 0.25) is 0 Å². The van der Waals surface area contributed by atoms with Crippen LogP contribution in [0.1, 0.15) is 23.0 Å².